The first kappa shape index (κ1) is 17.8. The average molecular weight is 394 g/mol. The number of benzene rings is 2. The van der Waals surface area contributed by atoms with Gasteiger partial charge in [0.05, 0.1) is 7.11 Å². The number of anilines is 1. The summed E-state index contributed by atoms with van der Waals surface area (Å²) in [4.78, 5) is 9.11. The second kappa shape index (κ2) is 7.63. The van der Waals surface area contributed by atoms with Crippen LogP contribution in [0.2, 0.25) is 0 Å². The lowest BCUT2D eigenvalue weighted by atomic mass is 10.1. The van der Waals surface area contributed by atoms with Gasteiger partial charge in [-0.2, -0.15) is 4.98 Å². The molecule has 2 aliphatic heterocycles. The minimum atomic E-state index is 0.306. The SMILES string of the molecule is COc1ccc(-c2noc(N3CCN(Cc4ccc5c(c4)OCO5)CC3)n2)cc1. The van der Waals surface area contributed by atoms with Crippen LogP contribution >= 0.6 is 0 Å². The van der Waals surface area contributed by atoms with Crippen LogP contribution in [0.1, 0.15) is 5.56 Å². The van der Waals surface area contributed by atoms with Crippen LogP contribution in [-0.2, 0) is 6.54 Å². The third-order valence-electron chi connectivity index (χ3n) is 5.25. The van der Waals surface area contributed by atoms with Gasteiger partial charge in [-0.05, 0) is 42.0 Å². The highest BCUT2D eigenvalue weighted by Gasteiger charge is 2.22. The fourth-order valence-corrected chi connectivity index (χ4v) is 3.60. The smallest absolute Gasteiger partial charge is 0.324 e. The fraction of sp³-hybridized carbons (Fsp3) is 0.333. The van der Waals surface area contributed by atoms with E-state index in [9.17, 15) is 0 Å². The zero-order valence-corrected chi connectivity index (χ0v) is 16.2. The van der Waals surface area contributed by atoms with Gasteiger partial charge in [0.2, 0.25) is 12.6 Å². The molecule has 3 heterocycles. The molecule has 3 aromatic rings. The summed E-state index contributed by atoms with van der Waals surface area (Å²) in [5.74, 6) is 3.04. The zero-order valence-electron chi connectivity index (χ0n) is 16.2. The summed E-state index contributed by atoms with van der Waals surface area (Å²) in [6.45, 7) is 4.72. The molecule has 1 aromatic heterocycles. The first-order valence-electron chi connectivity index (χ1n) is 9.62. The molecule has 0 spiro atoms. The Labute approximate surface area is 168 Å². The van der Waals surface area contributed by atoms with Crippen molar-refractivity contribution in [3.8, 4) is 28.6 Å². The second-order valence-electron chi connectivity index (χ2n) is 7.08. The van der Waals surface area contributed by atoms with Crippen molar-refractivity contribution in [2.75, 3.05) is 45.0 Å². The maximum absolute atomic E-state index is 5.50. The van der Waals surface area contributed by atoms with E-state index >= 15 is 0 Å². The van der Waals surface area contributed by atoms with E-state index in [-0.39, 0.29) is 0 Å². The number of nitrogens with zero attached hydrogens (tertiary/aromatic N) is 4. The van der Waals surface area contributed by atoms with Gasteiger partial charge in [0.1, 0.15) is 5.75 Å². The molecule has 1 saturated heterocycles. The lowest BCUT2D eigenvalue weighted by Crippen LogP contribution is -2.46. The van der Waals surface area contributed by atoms with Crippen molar-refractivity contribution in [1.82, 2.24) is 15.0 Å². The minimum Gasteiger partial charge on any atom is -0.497 e. The van der Waals surface area contributed by atoms with Gasteiger partial charge in [-0.3, -0.25) is 4.90 Å². The summed E-state index contributed by atoms with van der Waals surface area (Å²) in [6, 6.07) is 14.3. The average Bonchev–Trinajstić information content (AvgIpc) is 3.44. The zero-order chi connectivity index (χ0) is 19.6. The highest BCUT2D eigenvalue weighted by atomic mass is 16.7. The Kier molecular flexibility index (Phi) is 4.69. The van der Waals surface area contributed by atoms with Gasteiger partial charge in [0.25, 0.3) is 0 Å². The molecule has 0 unspecified atom stereocenters. The summed E-state index contributed by atoms with van der Waals surface area (Å²) in [5.41, 5.74) is 2.13. The molecule has 0 radical (unpaired) electrons. The normalized spacial score (nSPS) is 16.2. The molecule has 2 aromatic carbocycles. The van der Waals surface area contributed by atoms with Crippen LogP contribution in [0.3, 0.4) is 0 Å². The molecule has 1 fully saturated rings. The molecule has 150 valence electrons. The summed E-state index contributed by atoms with van der Waals surface area (Å²) in [7, 11) is 1.65. The van der Waals surface area contributed by atoms with Crippen molar-refractivity contribution in [1.29, 1.82) is 0 Å². The molecule has 0 bridgehead atoms. The van der Waals surface area contributed by atoms with Gasteiger partial charge in [0, 0.05) is 38.3 Å². The van der Waals surface area contributed by atoms with Crippen LogP contribution in [-0.4, -0.2) is 55.1 Å². The number of rotatable bonds is 5. The van der Waals surface area contributed by atoms with Crippen LogP contribution in [0.25, 0.3) is 11.4 Å². The van der Waals surface area contributed by atoms with Crippen molar-refractivity contribution in [2.24, 2.45) is 0 Å². The molecule has 8 heteroatoms. The second-order valence-corrected chi connectivity index (χ2v) is 7.08. The Morgan fingerprint density at radius 3 is 2.55 bits per heavy atom. The molecule has 0 aliphatic carbocycles. The first-order chi connectivity index (χ1) is 14.3. The van der Waals surface area contributed by atoms with Gasteiger partial charge < -0.3 is 23.6 Å². The topological polar surface area (TPSA) is 73.1 Å². The van der Waals surface area contributed by atoms with Crippen molar-refractivity contribution < 1.29 is 18.7 Å². The number of hydrogen-bond acceptors (Lipinski definition) is 8. The monoisotopic (exact) mass is 394 g/mol. The Bertz CT molecular complexity index is 981. The molecular formula is C21H22N4O4. The molecule has 29 heavy (non-hydrogen) atoms. The summed E-state index contributed by atoms with van der Waals surface area (Å²) in [5, 5.41) is 4.13. The quantitative estimate of drug-likeness (QED) is 0.654. The summed E-state index contributed by atoms with van der Waals surface area (Å²) in [6.07, 6.45) is 0. The van der Waals surface area contributed by atoms with E-state index in [1.807, 2.05) is 30.3 Å². The largest absolute Gasteiger partial charge is 0.497 e. The first-order valence-corrected chi connectivity index (χ1v) is 9.62. The molecule has 0 N–H and O–H groups in total. The Hall–Kier alpha value is -3.26. The fourth-order valence-electron chi connectivity index (χ4n) is 3.60. The molecular weight excluding hydrogens is 372 g/mol. The Morgan fingerprint density at radius 1 is 0.966 bits per heavy atom. The van der Waals surface area contributed by atoms with E-state index in [4.69, 9.17) is 18.7 Å². The number of aromatic nitrogens is 2. The third-order valence-corrected chi connectivity index (χ3v) is 5.25. The van der Waals surface area contributed by atoms with E-state index in [1.165, 1.54) is 5.56 Å². The van der Waals surface area contributed by atoms with Crippen LogP contribution in [0.5, 0.6) is 17.2 Å². The van der Waals surface area contributed by atoms with Crippen molar-refractivity contribution in [3.05, 3.63) is 48.0 Å². The highest BCUT2D eigenvalue weighted by molar-refractivity contribution is 5.57. The lowest BCUT2D eigenvalue weighted by molar-refractivity contribution is 0.174. The predicted molar refractivity (Wildman–Crippen MR) is 106 cm³/mol. The number of ether oxygens (including phenoxy) is 3. The van der Waals surface area contributed by atoms with Crippen LogP contribution < -0.4 is 19.1 Å². The molecule has 0 saturated carbocycles. The number of piperazine rings is 1. The van der Waals surface area contributed by atoms with Gasteiger partial charge in [-0.25, -0.2) is 0 Å². The van der Waals surface area contributed by atoms with Gasteiger partial charge in [-0.15, -0.1) is 0 Å². The van der Waals surface area contributed by atoms with Gasteiger partial charge in [-0.1, -0.05) is 11.2 Å². The van der Waals surface area contributed by atoms with Gasteiger partial charge >= 0.3 is 6.01 Å². The maximum atomic E-state index is 5.50. The molecule has 0 amide bonds. The minimum absolute atomic E-state index is 0.306. The van der Waals surface area contributed by atoms with Crippen LogP contribution in [0.15, 0.2) is 47.0 Å². The van der Waals surface area contributed by atoms with Crippen molar-refractivity contribution in [2.45, 2.75) is 6.54 Å². The van der Waals surface area contributed by atoms with Crippen molar-refractivity contribution in [3.63, 3.8) is 0 Å². The van der Waals surface area contributed by atoms with E-state index < -0.39 is 0 Å². The third kappa shape index (κ3) is 3.71. The number of hydrogen-bond donors (Lipinski definition) is 0. The van der Waals surface area contributed by atoms with E-state index in [0.29, 0.717) is 18.6 Å². The maximum Gasteiger partial charge on any atom is 0.324 e. The number of fused-ring (bicyclic) bond motifs is 1. The van der Waals surface area contributed by atoms with E-state index in [0.717, 1.165) is 55.5 Å². The van der Waals surface area contributed by atoms with Crippen LogP contribution in [0, 0.1) is 0 Å². The number of methoxy groups -OCH3 is 1. The standard InChI is InChI=1S/C21H22N4O4/c1-26-17-5-3-16(4-6-17)20-22-21(29-23-20)25-10-8-24(9-11-25)13-15-2-7-18-19(12-15)28-14-27-18/h2-7,12H,8-11,13-14H2,1H3. The highest BCUT2D eigenvalue weighted by Crippen LogP contribution is 2.33. The Morgan fingerprint density at radius 2 is 1.76 bits per heavy atom. The molecule has 8 nitrogen and oxygen atoms in total. The Balaban J connectivity index is 1.19. The van der Waals surface area contributed by atoms with E-state index in [2.05, 4.69) is 32.1 Å². The van der Waals surface area contributed by atoms with Gasteiger partial charge in [0.15, 0.2) is 11.5 Å². The summed E-state index contributed by atoms with van der Waals surface area (Å²) < 4.78 is 21.5. The summed E-state index contributed by atoms with van der Waals surface area (Å²) >= 11 is 0. The lowest BCUT2D eigenvalue weighted by Gasteiger charge is -2.33. The van der Waals surface area contributed by atoms with E-state index in [1.54, 1.807) is 7.11 Å². The predicted octanol–water partition coefficient (Wildman–Crippen LogP) is 2.80. The van der Waals surface area contributed by atoms with Crippen molar-refractivity contribution >= 4 is 6.01 Å². The molecule has 0 atom stereocenters. The van der Waals surface area contributed by atoms with Crippen LogP contribution in [0.4, 0.5) is 6.01 Å². The molecule has 5 rings (SSSR count). The molecule has 2 aliphatic rings.